The molecular weight excluding hydrogens is 279 g/mol. The van der Waals surface area contributed by atoms with Crippen LogP contribution in [-0.2, 0) is 0 Å². The fourth-order valence-electron chi connectivity index (χ4n) is 2.45. The van der Waals surface area contributed by atoms with Crippen LogP contribution in [0.4, 0.5) is 10.2 Å². The Morgan fingerprint density at radius 2 is 2.27 bits per heavy atom. The zero-order valence-electron chi connectivity index (χ0n) is 14.0. The molecule has 1 saturated heterocycles. The number of aliphatic imine (C=N–C) groups is 1. The van der Waals surface area contributed by atoms with E-state index in [1.165, 1.54) is 6.07 Å². The van der Waals surface area contributed by atoms with Crippen LogP contribution in [0.1, 0.15) is 44.9 Å². The third kappa shape index (κ3) is 4.91. The van der Waals surface area contributed by atoms with Gasteiger partial charge in [-0.25, -0.2) is 9.37 Å². The van der Waals surface area contributed by atoms with Crippen molar-refractivity contribution in [3.63, 3.8) is 0 Å². The first-order valence-electron chi connectivity index (χ1n) is 7.89. The fourth-order valence-corrected chi connectivity index (χ4v) is 2.45. The van der Waals surface area contributed by atoms with Gasteiger partial charge in [-0.3, -0.25) is 4.99 Å². The van der Waals surface area contributed by atoms with Crippen LogP contribution in [0.5, 0.6) is 0 Å². The molecule has 1 aromatic heterocycles. The summed E-state index contributed by atoms with van der Waals surface area (Å²) < 4.78 is 14.0. The normalized spacial score (nSPS) is 18.2. The standard InChI is InChI=1S/C15H21FN4.C2H6/c1-10-7-13(16)15(19-12-5-4-6-18-9-12)20-14(10)11(2)8-17-3;1-2/h7-8,12,18H,3-6,9H2,1-2H3,(H,19,20);1-2H3/b11-8+;. The maximum absolute atomic E-state index is 14.0. The van der Waals surface area contributed by atoms with E-state index >= 15 is 0 Å². The van der Waals surface area contributed by atoms with Gasteiger partial charge in [0.05, 0.1) is 5.69 Å². The summed E-state index contributed by atoms with van der Waals surface area (Å²) in [6.07, 6.45) is 3.76. The van der Waals surface area contributed by atoms with Crippen LogP contribution in [0.15, 0.2) is 17.3 Å². The number of aromatic nitrogens is 1. The Balaban J connectivity index is 0.00000116. The second kappa shape index (κ2) is 9.30. The van der Waals surface area contributed by atoms with Gasteiger partial charge in [-0.2, -0.15) is 0 Å². The lowest BCUT2D eigenvalue weighted by Gasteiger charge is -2.25. The van der Waals surface area contributed by atoms with Crippen molar-refractivity contribution in [2.75, 3.05) is 18.4 Å². The molecule has 0 bridgehead atoms. The largest absolute Gasteiger partial charge is 0.364 e. The summed E-state index contributed by atoms with van der Waals surface area (Å²) in [6.45, 7) is 13.0. The monoisotopic (exact) mass is 306 g/mol. The average Bonchev–Trinajstić information content (AvgIpc) is 2.53. The molecule has 5 heteroatoms. The SMILES string of the molecule is C=N/C=C(\C)c1nc(NC2CCCNC2)c(F)cc1C.CC. The lowest BCUT2D eigenvalue weighted by molar-refractivity contribution is 0.476. The lowest BCUT2D eigenvalue weighted by atomic mass is 10.1. The van der Waals surface area contributed by atoms with Crippen molar-refractivity contribution >= 4 is 18.1 Å². The van der Waals surface area contributed by atoms with E-state index in [-0.39, 0.29) is 11.9 Å². The van der Waals surface area contributed by atoms with Crippen molar-refractivity contribution in [3.8, 4) is 0 Å². The number of pyridine rings is 1. The van der Waals surface area contributed by atoms with Gasteiger partial charge < -0.3 is 10.6 Å². The number of hydrogen-bond donors (Lipinski definition) is 2. The van der Waals surface area contributed by atoms with Crippen LogP contribution in [0.2, 0.25) is 0 Å². The molecular formula is C17H27FN4. The number of hydrogen-bond acceptors (Lipinski definition) is 4. The Bertz CT molecular complexity index is 520. The van der Waals surface area contributed by atoms with Gasteiger partial charge in [-0.05, 0) is 57.2 Å². The minimum Gasteiger partial charge on any atom is -0.364 e. The number of rotatable bonds is 4. The van der Waals surface area contributed by atoms with Crippen LogP contribution in [0, 0.1) is 12.7 Å². The highest BCUT2D eigenvalue weighted by Crippen LogP contribution is 2.23. The Kier molecular flexibility index (Phi) is 7.74. The van der Waals surface area contributed by atoms with E-state index in [1.54, 1.807) is 6.20 Å². The number of allylic oxidation sites excluding steroid dienone is 1. The molecule has 2 N–H and O–H groups in total. The van der Waals surface area contributed by atoms with E-state index in [4.69, 9.17) is 0 Å². The molecule has 1 aliphatic heterocycles. The van der Waals surface area contributed by atoms with Crippen molar-refractivity contribution in [1.29, 1.82) is 0 Å². The van der Waals surface area contributed by atoms with Crippen molar-refractivity contribution < 1.29 is 4.39 Å². The molecule has 1 atom stereocenters. The number of piperidine rings is 1. The molecule has 2 rings (SSSR count). The van der Waals surface area contributed by atoms with Crippen LogP contribution in [-0.4, -0.2) is 30.8 Å². The molecule has 0 amide bonds. The van der Waals surface area contributed by atoms with E-state index in [0.29, 0.717) is 5.82 Å². The van der Waals surface area contributed by atoms with Gasteiger partial charge >= 0.3 is 0 Å². The van der Waals surface area contributed by atoms with Gasteiger partial charge in [0.2, 0.25) is 0 Å². The number of anilines is 1. The second-order valence-corrected chi connectivity index (χ2v) is 5.17. The second-order valence-electron chi connectivity index (χ2n) is 5.17. The molecule has 2 heterocycles. The number of aryl methyl sites for hydroxylation is 1. The first-order valence-corrected chi connectivity index (χ1v) is 7.89. The molecule has 22 heavy (non-hydrogen) atoms. The third-order valence-corrected chi connectivity index (χ3v) is 3.46. The molecule has 0 aliphatic carbocycles. The molecule has 1 aliphatic rings. The van der Waals surface area contributed by atoms with Crippen LogP contribution >= 0.6 is 0 Å². The summed E-state index contributed by atoms with van der Waals surface area (Å²) in [4.78, 5) is 8.16. The Morgan fingerprint density at radius 1 is 1.55 bits per heavy atom. The van der Waals surface area contributed by atoms with Crippen molar-refractivity contribution in [2.45, 2.75) is 46.6 Å². The lowest BCUT2D eigenvalue weighted by Crippen LogP contribution is -2.38. The fraction of sp³-hybridized carbons (Fsp3) is 0.529. The van der Waals surface area contributed by atoms with E-state index < -0.39 is 0 Å². The summed E-state index contributed by atoms with van der Waals surface area (Å²) in [5.41, 5.74) is 2.43. The zero-order chi connectivity index (χ0) is 16.5. The minimum absolute atomic E-state index is 0.225. The Labute approximate surface area is 133 Å². The van der Waals surface area contributed by atoms with Gasteiger partial charge in [0, 0.05) is 18.8 Å². The van der Waals surface area contributed by atoms with Crippen LogP contribution in [0.3, 0.4) is 0 Å². The summed E-state index contributed by atoms with van der Waals surface area (Å²) in [5.74, 6) is 0.00676. The number of nitrogens with one attached hydrogen (secondary N) is 2. The molecule has 122 valence electrons. The Morgan fingerprint density at radius 3 is 2.86 bits per heavy atom. The maximum atomic E-state index is 14.0. The molecule has 1 fully saturated rings. The average molecular weight is 306 g/mol. The van der Waals surface area contributed by atoms with Gasteiger partial charge in [0.15, 0.2) is 11.6 Å². The molecule has 4 nitrogen and oxygen atoms in total. The smallest absolute Gasteiger partial charge is 0.165 e. The zero-order valence-corrected chi connectivity index (χ0v) is 14.0. The minimum atomic E-state index is -0.309. The highest BCUT2D eigenvalue weighted by atomic mass is 19.1. The molecule has 0 saturated carbocycles. The molecule has 0 aromatic carbocycles. The highest BCUT2D eigenvalue weighted by Gasteiger charge is 2.17. The highest BCUT2D eigenvalue weighted by molar-refractivity contribution is 5.65. The predicted octanol–water partition coefficient (Wildman–Crippen LogP) is 3.78. The predicted molar refractivity (Wildman–Crippen MR) is 93.0 cm³/mol. The number of halogens is 1. The quantitative estimate of drug-likeness (QED) is 0.832. The summed E-state index contributed by atoms with van der Waals surface area (Å²) in [7, 11) is 0. The van der Waals surface area contributed by atoms with Gasteiger partial charge in [-0.1, -0.05) is 13.8 Å². The van der Waals surface area contributed by atoms with Crippen molar-refractivity contribution in [2.24, 2.45) is 4.99 Å². The summed E-state index contributed by atoms with van der Waals surface area (Å²) in [5, 5.41) is 6.49. The van der Waals surface area contributed by atoms with Crippen LogP contribution < -0.4 is 10.6 Å². The third-order valence-electron chi connectivity index (χ3n) is 3.46. The Hall–Kier alpha value is -1.75. The van der Waals surface area contributed by atoms with E-state index in [2.05, 4.69) is 27.3 Å². The van der Waals surface area contributed by atoms with E-state index in [9.17, 15) is 4.39 Å². The first-order chi connectivity index (χ1) is 10.6. The molecule has 0 spiro atoms. The summed E-state index contributed by atoms with van der Waals surface area (Å²) in [6, 6.07) is 1.74. The number of nitrogens with zero attached hydrogens (tertiary/aromatic N) is 2. The molecule has 1 unspecified atom stereocenters. The molecule has 0 radical (unpaired) electrons. The topological polar surface area (TPSA) is 49.3 Å². The van der Waals surface area contributed by atoms with E-state index in [0.717, 1.165) is 42.8 Å². The maximum Gasteiger partial charge on any atom is 0.165 e. The summed E-state index contributed by atoms with van der Waals surface area (Å²) >= 11 is 0. The van der Waals surface area contributed by atoms with Crippen LogP contribution in [0.25, 0.3) is 5.57 Å². The molecule has 1 aromatic rings. The van der Waals surface area contributed by atoms with Crippen molar-refractivity contribution in [1.82, 2.24) is 10.3 Å². The van der Waals surface area contributed by atoms with E-state index in [1.807, 2.05) is 27.7 Å². The van der Waals surface area contributed by atoms with Gasteiger partial charge in [-0.15, -0.1) is 0 Å². The van der Waals surface area contributed by atoms with Gasteiger partial charge in [0.1, 0.15) is 0 Å². The van der Waals surface area contributed by atoms with Gasteiger partial charge in [0.25, 0.3) is 0 Å². The first kappa shape index (κ1) is 18.3. The van der Waals surface area contributed by atoms with Crippen molar-refractivity contribution in [3.05, 3.63) is 29.3 Å².